The van der Waals surface area contributed by atoms with Crippen LogP contribution in [0.1, 0.15) is 32.3 Å². The van der Waals surface area contributed by atoms with E-state index in [1.54, 1.807) is 12.1 Å². The molecule has 1 aliphatic rings. The number of amides is 3. The first-order valence-corrected chi connectivity index (χ1v) is 7.84. The highest BCUT2D eigenvalue weighted by molar-refractivity contribution is 6.03. The summed E-state index contributed by atoms with van der Waals surface area (Å²) in [5, 5.41) is 5.09. The molecule has 7 heteroatoms. The summed E-state index contributed by atoms with van der Waals surface area (Å²) < 4.78 is 0. The Labute approximate surface area is 148 Å². The van der Waals surface area contributed by atoms with Crippen molar-refractivity contribution in [2.45, 2.75) is 39.2 Å². The largest absolute Gasteiger partial charge is 0.325 e. The molecule has 0 aromatic heterocycles. The molecule has 1 saturated heterocycles. The lowest BCUT2D eigenvalue weighted by atomic mass is 9.98. The van der Waals surface area contributed by atoms with E-state index in [1.807, 2.05) is 26.0 Å². The van der Waals surface area contributed by atoms with Crippen LogP contribution < -0.4 is 16.4 Å². The summed E-state index contributed by atoms with van der Waals surface area (Å²) in [5.41, 5.74) is 7.46. The third-order valence-electron chi connectivity index (χ3n) is 3.83. The molecule has 4 N–H and O–H groups in total. The molecular formula is C17H24ClN3O3. The van der Waals surface area contributed by atoms with E-state index >= 15 is 0 Å². The number of hydrogen-bond acceptors (Lipinski definition) is 4. The van der Waals surface area contributed by atoms with Gasteiger partial charge in [0, 0.05) is 12.1 Å². The van der Waals surface area contributed by atoms with E-state index in [0.717, 1.165) is 5.56 Å². The summed E-state index contributed by atoms with van der Waals surface area (Å²) in [5.74, 6) is -0.580. The molecule has 0 bridgehead atoms. The minimum Gasteiger partial charge on any atom is -0.325 e. The number of nitrogens with one attached hydrogen (secondary N) is 2. The van der Waals surface area contributed by atoms with E-state index in [1.165, 1.54) is 0 Å². The first-order valence-electron chi connectivity index (χ1n) is 7.84. The van der Waals surface area contributed by atoms with Gasteiger partial charge >= 0.3 is 0 Å². The molecule has 132 valence electrons. The summed E-state index contributed by atoms with van der Waals surface area (Å²) in [6.07, 6.45) is 1.38. The standard InChI is InChI=1S/C17H23N3O3.ClH/c1-10(2)7-14(18)17(23)19-13-5-3-11(4-6-13)8-12-9-15(21)20-16(12)22;/h3-6,10,12,14H,7-9,18H2,1-2H3,(H,19,23)(H,20,21,22);1H/t12?,14-;/m0./s1. The van der Waals surface area contributed by atoms with Crippen LogP contribution in [0.25, 0.3) is 0 Å². The summed E-state index contributed by atoms with van der Waals surface area (Å²) in [6, 6.07) is 6.73. The fourth-order valence-corrected chi connectivity index (χ4v) is 2.63. The van der Waals surface area contributed by atoms with Crippen LogP contribution in [-0.4, -0.2) is 23.8 Å². The van der Waals surface area contributed by atoms with Gasteiger partial charge in [-0.3, -0.25) is 19.7 Å². The molecule has 1 unspecified atom stereocenters. The Morgan fingerprint density at radius 2 is 1.92 bits per heavy atom. The third-order valence-corrected chi connectivity index (χ3v) is 3.83. The van der Waals surface area contributed by atoms with Crippen LogP contribution >= 0.6 is 12.4 Å². The number of imide groups is 1. The SMILES string of the molecule is CC(C)C[C@H](N)C(=O)Nc1ccc(CC2CC(=O)NC2=O)cc1.Cl. The second-order valence-electron chi connectivity index (χ2n) is 6.44. The third kappa shape index (κ3) is 5.62. The highest BCUT2D eigenvalue weighted by Crippen LogP contribution is 2.19. The number of hydrogen-bond donors (Lipinski definition) is 3. The van der Waals surface area contributed by atoms with Crippen LogP contribution in [0.15, 0.2) is 24.3 Å². The van der Waals surface area contributed by atoms with Crippen molar-refractivity contribution in [2.24, 2.45) is 17.6 Å². The van der Waals surface area contributed by atoms with Crippen LogP contribution in [0, 0.1) is 11.8 Å². The lowest BCUT2D eigenvalue weighted by Gasteiger charge is -2.14. The highest BCUT2D eigenvalue weighted by atomic mass is 35.5. The van der Waals surface area contributed by atoms with Crippen molar-refractivity contribution in [3.63, 3.8) is 0 Å². The lowest BCUT2D eigenvalue weighted by Crippen LogP contribution is -2.36. The van der Waals surface area contributed by atoms with Crippen LogP contribution in [0.3, 0.4) is 0 Å². The smallest absolute Gasteiger partial charge is 0.241 e. The van der Waals surface area contributed by atoms with Crippen LogP contribution in [0.5, 0.6) is 0 Å². The van der Waals surface area contributed by atoms with Crippen molar-refractivity contribution in [3.8, 4) is 0 Å². The number of carbonyl (C=O) groups is 3. The minimum atomic E-state index is -0.525. The molecule has 1 aromatic rings. The van der Waals surface area contributed by atoms with E-state index in [4.69, 9.17) is 5.73 Å². The Morgan fingerprint density at radius 3 is 2.42 bits per heavy atom. The zero-order chi connectivity index (χ0) is 17.0. The zero-order valence-electron chi connectivity index (χ0n) is 13.9. The second kappa shape index (κ2) is 8.80. The number of carbonyl (C=O) groups excluding carboxylic acids is 3. The predicted octanol–water partition coefficient (Wildman–Crippen LogP) is 1.63. The van der Waals surface area contributed by atoms with Gasteiger partial charge in [-0.15, -0.1) is 12.4 Å². The topological polar surface area (TPSA) is 101 Å². The maximum atomic E-state index is 12.0. The van der Waals surface area contributed by atoms with Crippen molar-refractivity contribution in [1.82, 2.24) is 5.32 Å². The summed E-state index contributed by atoms with van der Waals surface area (Å²) in [7, 11) is 0. The normalized spacial score (nSPS) is 18.1. The molecule has 0 saturated carbocycles. The van der Waals surface area contributed by atoms with Gasteiger partial charge in [-0.25, -0.2) is 0 Å². The highest BCUT2D eigenvalue weighted by Gasteiger charge is 2.30. The van der Waals surface area contributed by atoms with Crippen molar-refractivity contribution in [1.29, 1.82) is 0 Å². The van der Waals surface area contributed by atoms with E-state index in [0.29, 0.717) is 24.4 Å². The maximum Gasteiger partial charge on any atom is 0.241 e. The van der Waals surface area contributed by atoms with Crippen molar-refractivity contribution >= 4 is 35.8 Å². The maximum absolute atomic E-state index is 12.0. The molecule has 2 rings (SSSR count). The fourth-order valence-electron chi connectivity index (χ4n) is 2.63. The molecule has 1 aromatic carbocycles. The van der Waals surface area contributed by atoms with E-state index in [-0.39, 0.29) is 42.5 Å². The number of rotatable bonds is 6. The Balaban J connectivity index is 0.00000288. The molecule has 2 atom stereocenters. The van der Waals surface area contributed by atoms with Crippen LogP contribution in [0.2, 0.25) is 0 Å². The summed E-state index contributed by atoms with van der Waals surface area (Å²) in [6.45, 7) is 4.04. The van der Waals surface area contributed by atoms with Gasteiger partial charge in [0.25, 0.3) is 0 Å². The van der Waals surface area contributed by atoms with E-state index in [9.17, 15) is 14.4 Å². The number of anilines is 1. The van der Waals surface area contributed by atoms with Gasteiger partial charge in [-0.2, -0.15) is 0 Å². The van der Waals surface area contributed by atoms with Crippen molar-refractivity contribution in [3.05, 3.63) is 29.8 Å². The minimum absolute atomic E-state index is 0. The Bertz CT molecular complexity index is 602. The van der Waals surface area contributed by atoms with Gasteiger partial charge in [0.1, 0.15) is 0 Å². The van der Waals surface area contributed by atoms with Gasteiger partial charge < -0.3 is 11.1 Å². The number of halogens is 1. The van der Waals surface area contributed by atoms with Gasteiger partial charge in [0.05, 0.1) is 12.0 Å². The zero-order valence-corrected chi connectivity index (χ0v) is 14.7. The van der Waals surface area contributed by atoms with E-state index in [2.05, 4.69) is 10.6 Å². The molecular weight excluding hydrogens is 330 g/mol. The summed E-state index contributed by atoms with van der Waals surface area (Å²) >= 11 is 0. The summed E-state index contributed by atoms with van der Waals surface area (Å²) in [4.78, 5) is 34.7. The van der Waals surface area contributed by atoms with Crippen molar-refractivity contribution < 1.29 is 14.4 Å². The molecule has 6 nitrogen and oxygen atoms in total. The van der Waals surface area contributed by atoms with Gasteiger partial charge in [-0.05, 0) is 36.5 Å². The Kier molecular flexibility index (Phi) is 7.38. The van der Waals surface area contributed by atoms with Crippen molar-refractivity contribution in [2.75, 3.05) is 5.32 Å². The Hall–Kier alpha value is -1.92. The van der Waals surface area contributed by atoms with Crippen LogP contribution in [-0.2, 0) is 20.8 Å². The first kappa shape index (κ1) is 20.1. The van der Waals surface area contributed by atoms with E-state index < -0.39 is 6.04 Å². The molecule has 1 aliphatic heterocycles. The molecule has 3 amide bonds. The second-order valence-corrected chi connectivity index (χ2v) is 6.44. The molecule has 24 heavy (non-hydrogen) atoms. The molecule has 0 spiro atoms. The van der Waals surface area contributed by atoms with Gasteiger partial charge in [0.2, 0.25) is 17.7 Å². The van der Waals surface area contributed by atoms with Gasteiger partial charge in [0.15, 0.2) is 0 Å². The predicted molar refractivity (Wildman–Crippen MR) is 94.7 cm³/mol. The van der Waals surface area contributed by atoms with Crippen LogP contribution in [0.4, 0.5) is 5.69 Å². The molecule has 1 fully saturated rings. The lowest BCUT2D eigenvalue weighted by molar-refractivity contribution is -0.125. The average Bonchev–Trinajstić information content (AvgIpc) is 2.78. The molecule has 0 aliphatic carbocycles. The number of benzene rings is 1. The number of nitrogens with two attached hydrogens (primary N) is 1. The Morgan fingerprint density at radius 1 is 1.29 bits per heavy atom. The fraction of sp³-hybridized carbons (Fsp3) is 0.471. The molecule has 1 heterocycles. The first-order chi connectivity index (χ1) is 10.8. The quantitative estimate of drug-likeness (QED) is 0.676. The average molecular weight is 354 g/mol. The van der Waals surface area contributed by atoms with Gasteiger partial charge in [-0.1, -0.05) is 26.0 Å². The molecule has 0 radical (unpaired) electrons. The monoisotopic (exact) mass is 353 g/mol.